The van der Waals surface area contributed by atoms with Gasteiger partial charge in [-0.2, -0.15) is 0 Å². The number of thiol groups is 1. The van der Waals surface area contributed by atoms with Gasteiger partial charge in [0.25, 0.3) is 5.88 Å². The molecule has 1 aromatic rings. The van der Waals surface area contributed by atoms with Crippen molar-refractivity contribution in [1.29, 1.82) is 0 Å². The Morgan fingerprint density at radius 2 is 2.25 bits per heavy atom. The first-order valence-corrected chi connectivity index (χ1v) is 2.04. The van der Waals surface area contributed by atoms with Crippen molar-refractivity contribution < 1.29 is 5.11 Å². The molecule has 0 aliphatic rings. The molecule has 8 heavy (non-hydrogen) atoms. The molecular weight excluding hydrogens is 137 g/mol. The average Bonchev–Trinajstić information content (AvgIpc) is 1.91. The molecule has 0 bridgehead atoms. The number of rotatable bonds is 0. The van der Waals surface area contributed by atoms with Crippen molar-refractivity contribution in [3.63, 3.8) is 0 Å². The Hall–Kier alpha value is 0.290. The first-order chi connectivity index (χ1) is 3.30. The average molecular weight is 141 g/mol. The third-order valence-electron chi connectivity index (χ3n) is 0.512. The van der Waals surface area contributed by atoms with E-state index in [0.717, 1.165) is 0 Å². The van der Waals surface area contributed by atoms with Gasteiger partial charge in [0.2, 0.25) is 0 Å². The molecule has 0 saturated heterocycles. The van der Waals surface area contributed by atoms with Crippen LogP contribution >= 0.6 is 12.6 Å². The van der Waals surface area contributed by atoms with Crippen LogP contribution in [0.4, 0.5) is 0 Å². The SMILES string of the molecule is Oc1nn[nH]c1S.[NaH]. The molecule has 0 amide bonds. The van der Waals surface area contributed by atoms with Gasteiger partial charge in [0.1, 0.15) is 0 Å². The van der Waals surface area contributed by atoms with Crippen LogP contribution < -0.4 is 0 Å². The third-order valence-corrected chi connectivity index (χ3v) is 0.812. The van der Waals surface area contributed by atoms with Crippen LogP contribution in [-0.2, 0) is 0 Å². The van der Waals surface area contributed by atoms with Gasteiger partial charge in [-0.1, -0.05) is 10.3 Å². The molecule has 40 valence electrons. The maximum absolute atomic E-state index is 8.48. The van der Waals surface area contributed by atoms with Crippen molar-refractivity contribution in [2.75, 3.05) is 0 Å². The molecule has 0 spiro atoms. The summed E-state index contributed by atoms with van der Waals surface area (Å²) in [5, 5.41) is 17.5. The second-order valence-corrected chi connectivity index (χ2v) is 1.43. The monoisotopic (exact) mass is 141 g/mol. The first kappa shape index (κ1) is 8.29. The summed E-state index contributed by atoms with van der Waals surface area (Å²) >= 11 is 3.72. The molecule has 0 aliphatic heterocycles. The fourth-order valence-corrected chi connectivity index (χ4v) is 0.307. The Kier molecular flexibility index (Phi) is 3.46. The van der Waals surface area contributed by atoms with E-state index in [4.69, 9.17) is 5.11 Å². The minimum atomic E-state index is -0.164. The number of hydrogen-bond donors (Lipinski definition) is 3. The molecule has 1 aromatic heterocycles. The number of hydrogen-bond acceptors (Lipinski definition) is 4. The Morgan fingerprint density at radius 3 is 2.38 bits per heavy atom. The Balaban J connectivity index is 0.000000490. The van der Waals surface area contributed by atoms with E-state index in [1.54, 1.807) is 0 Å². The van der Waals surface area contributed by atoms with E-state index in [2.05, 4.69) is 28.0 Å². The number of aromatic hydroxyl groups is 1. The fraction of sp³-hybridized carbons (Fsp3) is 0. The molecule has 6 heteroatoms. The second-order valence-electron chi connectivity index (χ2n) is 0.984. The van der Waals surface area contributed by atoms with Gasteiger partial charge in [-0.05, 0) is 0 Å². The van der Waals surface area contributed by atoms with E-state index >= 15 is 0 Å². The zero-order chi connectivity index (χ0) is 5.28. The summed E-state index contributed by atoms with van der Waals surface area (Å²) in [5.74, 6) is -0.164. The molecule has 4 nitrogen and oxygen atoms in total. The molecule has 1 heterocycles. The third kappa shape index (κ3) is 1.66. The Bertz CT molecular complexity index is 150. The van der Waals surface area contributed by atoms with E-state index in [9.17, 15) is 0 Å². The predicted molar refractivity (Wildman–Crippen MR) is 32.4 cm³/mol. The van der Waals surface area contributed by atoms with Crippen molar-refractivity contribution in [3.05, 3.63) is 0 Å². The molecule has 0 radical (unpaired) electrons. The molecule has 0 unspecified atom stereocenters. The summed E-state index contributed by atoms with van der Waals surface area (Å²) in [5.41, 5.74) is 0. The van der Waals surface area contributed by atoms with Gasteiger partial charge in [0, 0.05) is 0 Å². The van der Waals surface area contributed by atoms with Crippen LogP contribution in [0.5, 0.6) is 5.88 Å². The molecule has 0 saturated carbocycles. The van der Waals surface area contributed by atoms with Crippen molar-refractivity contribution in [1.82, 2.24) is 15.4 Å². The van der Waals surface area contributed by atoms with Crippen LogP contribution in [0.15, 0.2) is 5.03 Å². The van der Waals surface area contributed by atoms with E-state index in [-0.39, 0.29) is 35.4 Å². The predicted octanol–water partition coefficient (Wildman–Crippen LogP) is -0.849. The van der Waals surface area contributed by atoms with E-state index in [1.807, 2.05) is 0 Å². The van der Waals surface area contributed by atoms with E-state index in [1.165, 1.54) is 0 Å². The van der Waals surface area contributed by atoms with Crippen molar-refractivity contribution in [2.24, 2.45) is 0 Å². The normalized spacial score (nSPS) is 8.12. The molecule has 1 rings (SSSR count). The van der Waals surface area contributed by atoms with Crippen molar-refractivity contribution >= 4 is 42.2 Å². The molecule has 0 atom stereocenters. The molecule has 0 fully saturated rings. The Labute approximate surface area is 73.4 Å². The minimum absolute atomic E-state index is 0. The quantitative estimate of drug-likeness (QED) is 0.326. The van der Waals surface area contributed by atoms with Gasteiger partial charge in [-0.25, -0.2) is 5.10 Å². The summed E-state index contributed by atoms with van der Waals surface area (Å²) in [6.45, 7) is 0. The van der Waals surface area contributed by atoms with Gasteiger partial charge in [0.15, 0.2) is 5.03 Å². The number of nitrogens with zero attached hydrogens (tertiary/aromatic N) is 2. The molecule has 0 aliphatic carbocycles. The topological polar surface area (TPSA) is 61.8 Å². The number of aromatic amines is 1. The van der Waals surface area contributed by atoms with E-state index in [0.29, 0.717) is 5.03 Å². The van der Waals surface area contributed by atoms with Crippen LogP contribution in [0, 0.1) is 0 Å². The fourth-order valence-electron chi connectivity index (χ4n) is 0.217. The first-order valence-electron chi connectivity index (χ1n) is 1.59. The molecular formula is C2H4N3NaOS. The zero-order valence-corrected chi connectivity index (χ0v) is 4.18. The standard InChI is InChI=1S/C2H3N3OS.Na.H/c6-1-2(7)4-5-3-1;;/h(H3,3,4,5,6,7);;. The van der Waals surface area contributed by atoms with Gasteiger partial charge in [-0.15, -0.1) is 12.6 Å². The summed E-state index contributed by atoms with van der Waals surface area (Å²) in [4.78, 5) is 0. The number of H-pyrrole nitrogens is 1. The zero-order valence-electron chi connectivity index (χ0n) is 3.29. The number of aromatic nitrogens is 3. The Morgan fingerprint density at radius 1 is 1.62 bits per heavy atom. The van der Waals surface area contributed by atoms with E-state index < -0.39 is 0 Å². The van der Waals surface area contributed by atoms with Crippen LogP contribution in [0.2, 0.25) is 0 Å². The van der Waals surface area contributed by atoms with Crippen molar-refractivity contribution in [3.8, 4) is 5.88 Å². The van der Waals surface area contributed by atoms with Gasteiger partial charge < -0.3 is 5.11 Å². The summed E-state index contributed by atoms with van der Waals surface area (Å²) < 4.78 is 0. The molecule has 2 N–H and O–H groups in total. The van der Waals surface area contributed by atoms with Crippen LogP contribution in [0.1, 0.15) is 0 Å². The van der Waals surface area contributed by atoms with Crippen LogP contribution in [0.3, 0.4) is 0 Å². The molecule has 0 aromatic carbocycles. The van der Waals surface area contributed by atoms with Gasteiger partial charge >= 0.3 is 29.6 Å². The van der Waals surface area contributed by atoms with Gasteiger partial charge in [-0.3, -0.25) is 0 Å². The van der Waals surface area contributed by atoms with Crippen LogP contribution in [0.25, 0.3) is 0 Å². The second kappa shape index (κ2) is 3.34. The van der Waals surface area contributed by atoms with Gasteiger partial charge in [0.05, 0.1) is 0 Å². The maximum atomic E-state index is 8.48. The van der Waals surface area contributed by atoms with Crippen molar-refractivity contribution in [2.45, 2.75) is 5.03 Å². The summed E-state index contributed by atoms with van der Waals surface area (Å²) in [7, 11) is 0. The summed E-state index contributed by atoms with van der Waals surface area (Å²) in [6, 6.07) is 0. The summed E-state index contributed by atoms with van der Waals surface area (Å²) in [6.07, 6.45) is 0. The number of nitrogens with one attached hydrogen (secondary N) is 1. The van der Waals surface area contributed by atoms with Crippen LogP contribution in [-0.4, -0.2) is 50.1 Å².